The van der Waals surface area contributed by atoms with Crippen molar-refractivity contribution in [1.82, 2.24) is 5.43 Å². The van der Waals surface area contributed by atoms with Crippen molar-refractivity contribution in [2.45, 2.75) is 84.0 Å². The smallest absolute Gasteiger partial charge is 0.240 e. The Hall–Kier alpha value is -1.16. The maximum absolute atomic E-state index is 11.7. The Kier molecular flexibility index (Phi) is 13.2. The molecule has 0 aliphatic heterocycles. The van der Waals surface area contributed by atoms with Crippen LogP contribution in [0.25, 0.3) is 0 Å². The monoisotopic (exact) mass is 408 g/mol. The third-order valence-electron chi connectivity index (χ3n) is 4.26. The zero-order valence-corrected chi connectivity index (χ0v) is 17.2. The molecule has 0 heterocycles. The van der Waals surface area contributed by atoms with Crippen LogP contribution < -0.4 is 5.43 Å². The van der Waals surface area contributed by atoms with Crippen molar-refractivity contribution >= 4 is 28.1 Å². The summed E-state index contributed by atoms with van der Waals surface area (Å²) in [6, 6.07) is 7.81. The molecule has 0 saturated carbocycles. The van der Waals surface area contributed by atoms with Gasteiger partial charge in [-0.25, -0.2) is 5.43 Å². The molecule has 3 nitrogen and oxygen atoms in total. The number of carbonyl (C=O) groups excluding carboxylic acids is 1. The summed E-state index contributed by atoms with van der Waals surface area (Å²) < 4.78 is 1.00. The largest absolute Gasteiger partial charge is 0.273 e. The van der Waals surface area contributed by atoms with E-state index in [1.54, 1.807) is 6.21 Å². The predicted molar refractivity (Wildman–Crippen MR) is 111 cm³/mol. The van der Waals surface area contributed by atoms with Crippen molar-refractivity contribution in [3.63, 3.8) is 0 Å². The zero-order valence-electron chi connectivity index (χ0n) is 15.6. The molecule has 0 radical (unpaired) electrons. The number of amides is 1. The average molecular weight is 409 g/mol. The van der Waals surface area contributed by atoms with Gasteiger partial charge in [-0.05, 0) is 24.1 Å². The molecule has 0 aromatic heterocycles. The minimum absolute atomic E-state index is 0.00201. The van der Waals surface area contributed by atoms with Gasteiger partial charge in [0, 0.05) is 10.9 Å². The van der Waals surface area contributed by atoms with Crippen LogP contribution in [0.2, 0.25) is 0 Å². The topological polar surface area (TPSA) is 41.5 Å². The zero-order chi connectivity index (χ0) is 18.2. The second kappa shape index (κ2) is 15.1. The maximum Gasteiger partial charge on any atom is 0.240 e. The van der Waals surface area contributed by atoms with Crippen LogP contribution in [0.4, 0.5) is 0 Å². The Balaban J connectivity index is 1.93. The summed E-state index contributed by atoms with van der Waals surface area (Å²) in [7, 11) is 0. The van der Waals surface area contributed by atoms with E-state index in [1.807, 2.05) is 24.3 Å². The third kappa shape index (κ3) is 12.8. The molecule has 0 aliphatic rings. The van der Waals surface area contributed by atoms with E-state index in [1.165, 1.54) is 57.8 Å². The fourth-order valence-electron chi connectivity index (χ4n) is 2.77. The van der Waals surface area contributed by atoms with E-state index in [-0.39, 0.29) is 5.91 Å². The summed E-state index contributed by atoms with van der Waals surface area (Å²) in [6.07, 6.45) is 16.5. The van der Waals surface area contributed by atoms with Gasteiger partial charge in [0.05, 0.1) is 6.21 Å². The van der Waals surface area contributed by atoms with Gasteiger partial charge in [-0.3, -0.25) is 4.79 Å². The lowest BCUT2D eigenvalue weighted by Gasteiger charge is -2.02. The van der Waals surface area contributed by atoms with Gasteiger partial charge in [0.1, 0.15) is 0 Å². The molecule has 0 aliphatic carbocycles. The van der Waals surface area contributed by atoms with Crippen LogP contribution >= 0.6 is 15.9 Å². The molecule has 1 aromatic carbocycles. The number of halogens is 1. The van der Waals surface area contributed by atoms with Crippen molar-refractivity contribution in [1.29, 1.82) is 0 Å². The van der Waals surface area contributed by atoms with Crippen molar-refractivity contribution in [2.24, 2.45) is 5.10 Å². The van der Waals surface area contributed by atoms with Gasteiger partial charge in [-0.1, -0.05) is 99.2 Å². The van der Waals surface area contributed by atoms with Crippen molar-refractivity contribution < 1.29 is 4.79 Å². The first-order chi connectivity index (χ1) is 12.2. The molecule has 1 amide bonds. The van der Waals surface area contributed by atoms with Crippen LogP contribution in [-0.4, -0.2) is 12.1 Å². The average Bonchev–Trinajstić information content (AvgIpc) is 2.60. The van der Waals surface area contributed by atoms with E-state index >= 15 is 0 Å². The lowest BCUT2D eigenvalue weighted by atomic mass is 10.1. The van der Waals surface area contributed by atoms with Crippen LogP contribution in [0, 0.1) is 0 Å². The van der Waals surface area contributed by atoms with Crippen molar-refractivity contribution in [2.75, 3.05) is 0 Å². The highest BCUT2D eigenvalue weighted by Crippen LogP contribution is 2.12. The van der Waals surface area contributed by atoms with Gasteiger partial charge in [-0.15, -0.1) is 0 Å². The molecular weight excluding hydrogens is 376 g/mol. The minimum atomic E-state index is 0.00201. The maximum atomic E-state index is 11.7. The van der Waals surface area contributed by atoms with E-state index in [0.717, 1.165) is 22.9 Å². The molecule has 140 valence electrons. The molecule has 0 bridgehead atoms. The molecule has 0 atom stereocenters. The number of rotatable bonds is 14. The van der Waals surface area contributed by atoms with E-state index < -0.39 is 0 Å². The first kappa shape index (κ1) is 21.9. The highest BCUT2D eigenvalue weighted by Gasteiger charge is 1.99. The van der Waals surface area contributed by atoms with Gasteiger partial charge >= 0.3 is 0 Å². The fraction of sp³-hybridized carbons (Fsp3) is 0.619. The first-order valence-corrected chi connectivity index (χ1v) is 10.6. The van der Waals surface area contributed by atoms with Crippen LogP contribution in [0.3, 0.4) is 0 Å². The molecule has 1 rings (SSSR count). The molecule has 4 heteroatoms. The lowest BCUT2D eigenvalue weighted by molar-refractivity contribution is -0.121. The minimum Gasteiger partial charge on any atom is -0.273 e. The Morgan fingerprint density at radius 2 is 1.60 bits per heavy atom. The van der Waals surface area contributed by atoms with Gasteiger partial charge in [0.25, 0.3) is 0 Å². The van der Waals surface area contributed by atoms with Crippen LogP contribution in [0.15, 0.2) is 33.8 Å². The molecule has 1 N–H and O–H groups in total. The van der Waals surface area contributed by atoms with E-state index in [0.29, 0.717) is 6.42 Å². The summed E-state index contributed by atoms with van der Waals surface area (Å²) in [5.41, 5.74) is 3.56. The SMILES string of the molecule is CCCCCCCCCCCCCC(=O)N/N=C/c1cccc(Br)c1. The number of hydrogen-bond acceptors (Lipinski definition) is 2. The number of benzene rings is 1. The molecule has 0 fully saturated rings. The second-order valence-electron chi connectivity index (χ2n) is 6.63. The first-order valence-electron chi connectivity index (χ1n) is 9.80. The van der Waals surface area contributed by atoms with Gasteiger partial charge in [-0.2, -0.15) is 5.10 Å². The summed E-state index contributed by atoms with van der Waals surface area (Å²) >= 11 is 3.41. The van der Waals surface area contributed by atoms with Crippen LogP contribution in [0.1, 0.15) is 89.5 Å². The van der Waals surface area contributed by atoms with E-state index in [4.69, 9.17) is 0 Å². The van der Waals surface area contributed by atoms with E-state index in [9.17, 15) is 4.79 Å². The number of carbonyl (C=O) groups is 1. The number of nitrogens with one attached hydrogen (secondary N) is 1. The fourth-order valence-corrected chi connectivity index (χ4v) is 3.19. The Morgan fingerprint density at radius 3 is 2.20 bits per heavy atom. The molecular formula is C21H33BrN2O. The molecule has 1 aromatic rings. The van der Waals surface area contributed by atoms with Crippen LogP contribution in [0.5, 0.6) is 0 Å². The van der Waals surface area contributed by atoms with E-state index in [2.05, 4.69) is 33.4 Å². The Morgan fingerprint density at radius 1 is 1.00 bits per heavy atom. The third-order valence-corrected chi connectivity index (χ3v) is 4.75. The number of unbranched alkanes of at least 4 members (excludes halogenated alkanes) is 10. The summed E-state index contributed by atoms with van der Waals surface area (Å²) in [5.74, 6) is 0.00201. The molecule has 0 spiro atoms. The number of hydrazone groups is 1. The van der Waals surface area contributed by atoms with Gasteiger partial charge in [0.15, 0.2) is 0 Å². The predicted octanol–water partition coefficient (Wildman–Crippen LogP) is 6.60. The number of nitrogens with zero attached hydrogens (tertiary/aromatic N) is 1. The van der Waals surface area contributed by atoms with Crippen LogP contribution in [-0.2, 0) is 4.79 Å². The van der Waals surface area contributed by atoms with Gasteiger partial charge < -0.3 is 0 Å². The summed E-state index contributed by atoms with van der Waals surface area (Å²) in [4.78, 5) is 11.7. The Labute approximate surface area is 161 Å². The Bertz CT molecular complexity index is 502. The second-order valence-corrected chi connectivity index (χ2v) is 7.55. The molecule has 0 unspecified atom stereocenters. The van der Waals surface area contributed by atoms with Gasteiger partial charge in [0.2, 0.25) is 5.91 Å². The van der Waals surface area contributed by atoms with Crippen molar-refractivity contribution in [3.05, 3.63) is 34.3 Å². The summed E-state index contributed by atoms with van der Waals surface area (Å²) in [6.45, 7) is 2.26. The lowest BCUT2D eigenvalue weighted by Crippen LogP contribution is -2.16. The highest BCUT2D eigenvalue weighted by atomic mass is 79.9. The number of hydrogen-bond donors (Lipinski definition) is 1. The molecule has 25 heavy (non-hydrogen) atoms. The normalized spacial score (nSPS) is 11.1. The standard InChI is InChI=1S/C21H33BrN2O/c1-2-3-4-5-6-7-8-9-10-11-12-16-21(25)24-23-18-19-14-13-15-20(22)17-19/h13-15,17-18H,2-12,16H2,1H3,(H,24,25)/b23-18+. The summed E-state index contributed by atoms with van der Waals surface area (Å²) in [5, 5.41) is 4.01. The quantitative estimate of drug-likeness (QED) is 0.210. The molecule has 0 saturated heterocycles. The highest BCUT2D eigenvalue weighted by molar-refractivity contribution is 9.10. The van der Waals surface area contributed by atoms with Crippen molar-refractivity contribution in [3.8, 4) is 0 Å².